The molecular weight excluding hydrogens is 322 g/mol. The van der Waals surface area contributed by atoms with Crippen molar-refractivity contribution in [3.05, 3.63) is 58.3 Å². The van der Waals surface area contributed by atoms with Crippen molar-refractivity contribution in [1.82, 2.24) is 4.98 Å². The first-order valence-corrected chi connectivity index (χ1v) is 9.76. The topological polar surface area (TPSA) is 68.0 Å². The fourth-order valence-corrected chi connectivity index (χ4v) is 4.55. The summed E-state index contributed by atoms with van der Waals surface area (Å²) < 4.78 is 0. The SMILES string of the molecule is Cc1cc(NC2CCC(c3cccc(C(N)=O)c3)CC2)nc2c1CCC2. The highest BCUT2D eigenvalue weighted by Crippen LogP contribution is 2.34. The molecule has 0 bridgehead atoms. The molecule has 26 heavy (non-hydrogen) atoms. The average molecular weight is 349 g/mol. The lowest BCUT2D eigenvalue weighted by molar-refractivity contribution is 0.1000. The molecule has 1 heterocycles. The molecule has 0 saturated heterocycles. The van der Waals surface area contributed by atoms with Gasteiger partial charge in [0.2, 0.25) is 5.91 Å². The summed E-state index contributed by atoms with van der Waals surface area (Å²) >= 11 is 0. The number of anilines is 1. The highest BCUT2D eigenvalue weighted by molar-refractivity contribution is 5.92. The van der Waals surface area contributed by atoms with Crippen LogP contribution in [-0.2, 0) is 12.8 Å². The number of nitrogens with two attached hydrogens (primary N) is 1. The number of carbonyl (C=O) groups excluding carboxylic acids is 1. The number of aryl methyl sites for hydroxylation is 2. The van der Waals surface area contributed by atoms with Gasteiger partial charge in [0.1, 0.15) is 5.82 Å². The first-order valence-electron chi connectivity index (χ1n) is 9.76. The number of fused-ring (bicyclic) bond motifs is 1. The third-order valence-electron chi connectivity index (χ3n) is 6.00. The minimum atomic E-state index is -0.347. The predicted octanol–water partition coefficient (Wildman–Crippen LogP) is 4.12. The van der Waals surface area contributed by atoms with E-state index >= 15 is 0 Å². The number of rotatable bonds is 4. The minimum Gasteiger partial charge on any atom is -0.367 e. The lowest BCUT2D eigenvalue weighted by Crippen LogP contribution is -2.26. The molecular formula is C22H27N3O. The Morgan fingerprint density at radius 1 is 1.15 bits per heavy atom. The first kappa shape index (κ1) is 17.1. The maximum Gasteiger partial charge on any atom is 0.248 e. The second-order valence-corrected chi connectivity index (χ2v) is 7.79. The summed E-state index contributed by atoms with van der Waals surface area (Å²) in [4.78, 5) is 16.3. The molecule has 1 aromatic heterocycles. The molecule has 1 aromatic carbocycles. The number of nitrogens with zero attached hydrogens (tertiary/aromatic N) is 1. The van der Waals surface area contributed by atoms with Crippen LogP contribution in [0.25, 0.3) is 0 Å². The summed E-state index contributed by atoms with van der Waals surface area (Å²) in [7, 11) is 0. The fourth-order valence-electron chi connectivity index (χ4n) is 4.55. The Labute approximate surface area is 155 Å². The van der Waals surface area contributed by atoms with Gasteiger partial charge in [-0.15, -0.1) is 0 Å². The van der Waals surface area contributed by atoms with E-state index in [1.54, 1.807) is 6.07 Å². The van der Waals surface area contributed by atoms with Gasteiger partial charge in [-0.25, -0.2) is 4.98 Å². The zero-order valence-corrected chi connectivity index (χ0v) is 15.4. The van der Waals surface area contributed by atoms with Crippen LogP contribution < -0.4 is 11.1 Å². The number of nitrogens with one attached hydrogen (secondary N) is 1. The van der Waals surface area contributed by atoms with Gasteiger partial charge < -0.3 is 11.1 Å². The van der Waals surface area contributed by atoms with Gasteiger partial charge in [0.25, 0.3) is 0 Å². The molecule has 0 radical (unpaired) electrons. The monoisotopic (exact) mass is 349 g/mol. The van der Waals surface area contributed by atoms with Crippen LogP contribution >= 0.6 is 0 Å². The highest BCUT2D eigenvalue weighted by Gasteiger charge is 2.24. The zero-order chi connectivity index (χ0) is 18.1. The van der Waals surface area contributed by atoms with E-state index in [2.05, 4.69) is 24.4 Å². The Morgan fingerprint density at radius 3 is 2.73 bits per heavy atom. The van der Waals surface area contributed by atoms with Gasteiger partial charge in [0.15, 0.2) is 0 Å². The molecule has 4 rings (SSSR count). The van der Waals surface area contributed by atoms with Crippen LogP contribution in [0.4, 0.5) is 5.82 Å². The van der Waals surface area contributed by atoms with E-state index in [-0.39, 0.29) is 5.91 Å². The lowest BCUT2D eigenvalue weighted by atomic mass is 9.81. The maximum absolute atomic E-state index is 11.4. The molecule has 0 aliphatic heterocycles. The van der Waals surface area contributed by atoms with Crippen molar-refractivity contribution in [2.24, 2.45) is 5.73 Å². The van der Waals surface area contributed by atoms with Gasteiger partial charge in [-0.1, -0.05) is 12.1 Å². The van der Waals surface area contributed by atoms with Gasteiger partial charge in [-0.05, 0) is 92.7 Å². The van der Waals surface area contributed by atoms with Gasteiger partial charge in [0.05, 0.1) is 0 Å². The van der Waals surface area contributed by atoms with Gasteiger partial charge >= 0.3 is 0 Å². The van der Waals surface area contributed by atoms with E-state index in [0.29, 0.717) is 17.5 Å². The molecule has 1 amide bonds. The van der Waals surface area contributed by atoms with Crippen molar-refractivity contribution < 1.29 is 4.79 Å². The Bertz CT molecular complexity index is 822. The Balaban J connectivity index is 1.39. The van der Waals surface area contributed by atoms with Crippen LogP contribution in [0.15, 0.2) is 30.3 Å². The fraction of sp³-hybridized carbons (Fsp3) is 0.455. The molecule has 0 unspecified atom stereocenters. The average Bonchev–Trinajstić information content (AvgIpc) is 3.12. The number of hydrogen-bond acceptors (Lipinski definition) is 3. The normalized spacial score (nSPS) is 22.0. The molecule has 3 N–H and O–H groups in total. The van der Waals surface area contributed by atoms with Crippen molar-refractivity contribution in [1.29, 1.82) is 0 Å². The van der Waals surface area contributed by atoms with Crippen molar-refractivity contribution in [3.8, 4) is 0 Å². The molecule has 1 saturated carbocycles. The molecule has 1 fully saturated rings. The third kappa shape index (κ3) is 3.46. The van der Waals surface area contributed by atoms with Crippen LogP contribution in [-0.4, -0.2) is 16.9 Å². The number of aromatic nitrogens is 1. The summed E-state index contributed by atoms with van der Waals surface area (Å²) in [6.07, 6.45) is 8.06. The van der Waals surface area contributed by atoms with E-state index in [1.165, 1.54) is 35.2 Å². The maximum atomic E-state index is 11.4. The predicted molar refractivity (Wildman–Crippen MR) is 105 cm³/mol. The molecule has 2 aliphatic rings. The van der Waals surface area contributed by atoms with Crippen molar-refractivity contribution in [3.63, 3.8) is 0 Å². The van der Waals surface area contributed by atoms with Gasteiger partial charge in [0, 0.05) is 17.3 Å². The Hall–Kier alpha value is -2.36. The molecule has 4 heteroatoms. The molecule has 136 valence electrons. The third-order valence-corrected chi connectivity index (χ3v) is 6.00. The van der Waals surface area contributed by atoms with Crippen LogP contribution in [0, 0.1) is 6.92 Å². The van der Waals surface area contributed by atoms with E-state index < -0.39 is 0 Å². The number of primary amides is 1. The van der Waals surface area contributed by atoms with E-state index in [0.717, 1.165) is 37.9 Å². The number of amides is 1. The van der Waals surface area contributed by atoms with Crippen LogP contribution in [0.1, 0.15) is 70.8 Å². The van der Waals surface area contributed by atoms with E-state index in [9.17, 15) is 4.79 Å². The second-order valence-electron chi connectivity index (χ2n) is 7.79. The van der Waals surface area contributed by atoms with Gasteiger partial charge in [-0.3, -0.25) is 4.79 Å². The van der Waals surface area contributed by atoms with Crippen LogP contribution in [0.5, 0.6) is 0 Å². The number of benzene rings is 1. The molecule has 2 aliphatic carbocycles. The lowest BCUT2D eigenvalue weighted by Gasteiger charge is -2.30. The Morgan fingerprint density at radius 2 is 1.96 bits per heavy atom. The van der Waals surface area contributed by atoms with Crippen molar-refractivity contribution in [2.45, 2.75) is 63.8 Å². The van der Waals surface area contributed by atoms with E-state index in [4.69, 9.17) is 10.7 Å². The summed E-state index contributed by atoms with van der Waals surface area (Å²) in [6, 6.07) is 10.5. The largest absolute Gasteiger partial charge is 0.367 e. The molecule has 2 aromatic rings. The standard InChI is InChI=1S/C22H27N3O/c1-14-12-21(25-20-7-3-6-19(14)20)24-18-10-8-15(9-11-18)16-4-2-5-17(13-16)22(23)26/h2,4-5,12-13,15,18H,3,6-11H2,1H3,(H2,23,26)(H,24,25). The van der Waals surface area contributed by atoms with Crippen LogP contribution in [0.3, 0.4) is 0 Å². The number of pyridine rings is 1. The molecule has 0 atom stereocenters. The minimum absolute atomic E-state index is 0.347. The number of carbonyl (C=O) groups is 1. The number of hydrogen-bond donors (Lipinski definition) is 2. The molecule has 4 nitrogen and oxygen atoms in total. The molecule has 0 spiro atoms. The quantitative estimate of drug-likeness (QED) is 0.872. The summed E-state index contributed by atoms with van der Waals surface area (Å²) in [5, 5.41) is 3.67. The second kappa shape index (κ2) is 7.10. The summed E-state index contributed by atoms with van der Waals surface area (Å²) in [5.74, 6) is 1.21. The zero-order valence-electron chi connectivity index (χ0n) is 15.4. The van der Waals surface area contributed by atoms with Crippen molar-refractivity contribution >= 4 is 11.7 Å². The Kier molecular flexibility index (Phi) is 4.66. The smallest absolute Gasteiger partial charge is 0.248 e. The summed E-state index contributed by atoms with van der Waals surface area (Å²) in [6.45, 7) is 2.21. The van der Waals surface area contributed by atoms with Crippen LogP contribution in [0.2, 0.25) is 0 Å². The first-order chi connectivity index (χ1) is 12.6. The van der Waals surface area contributed by atoms with Gasteiger partial charge in [-0.2, -0.15) is 0 Å². The van der Waals surface area contributed by atoms with Crippen molar-refractivity contribution in [2.75, 3.05) is 5.32 Å². The summed E-state index contributed by atoms with van der Waals surface area (Å²) in [5.41, 5.74) is 11.4. The highest BCUT2D eigenvalue weighted by atomic mass is 16.1. The van der Waals surface area contributed by atoms with E-state index in [1.807, 2.05) is 12.1 Å².